The molecule has 2 aliphatic rings. The molecule has 0 aromatic carbocycles. The molecule has 2 fully saturated rings. The zero-order chi connectivity index (χ0) is 14.6. The lowest BCUT2D eigenvalue weighted by molar-refractivity contribution is 0.0357. The maximum absolute atomic E-state index is 10.2. The Bertz CT molecular complexity index is 290. The Labute approximate surface area is 123 Å². The molecule has 20 heavy (non-hydrogen) atoms. The number of likely N-dealkylation sites (tertiary alicyclic amines) is 1. The van der Waals surface area contributed by atoms with Crippen molar-refractivity contribution in [3.8, 4) is 0 Å². The summed E-state index contributed by atoms with van der Waals surface area (Å²) in [5.41, 5.74) is 0.377. The number of nitrogens with one attached hydrogen (secondary N) is 1. The summed E-state index contributed by atoms with van der Waals surface area (Å²) >= 11 is 0. The Morgan fingerprint density at radius 1 is 1.25 bits per heavy atom. The number of hydrogen-bond acceptors (Lipinski definition) is 4. The Kier molecular flexibility index (Phi) is 5.84. The molecule has 1 heterocycles. The van der Waals surface area contributed by atoms with Crippen LogP contribution in [0.2, 0.25) is 0 Å². The second kappa shape index (κ2) is 7.21. The number of hydrogen-bond donors (Lipinski definition) is 3. The van der Waals surface area contributed by atoms with Gasteiger partial charge in [0, 0.05) is 19.1 Å². The van der Waals surface area contributed by atoms with E-state index in [9.17, 15) is 10.2 Å². The highest BCUT2D eigenvalue weighted by Gasteiger charge is 2.29. The van der Waals surface area contributed by atoms with E-state index in [2.05, 4.69) is 24.1 Å². The fourth-order valence-electron chi connectivity index (χ4n) is 3.83. The van der Waals surface area contributed by atoms with E-state index in [-0.39, 0.29) is 12.6 Å². The van der Waals surface area contributed by atoms with Crippen LogP contribution in [0.1, 0.15) is 52.4 Å². The van der Waals surface area contributed by atoms with Crippen molar-refractivity contribution in [1.29, 1.82) is 0 Å². The highest BCUT2D eigenvalue weighted by atomic mass is 16.3. The van der Waals surface area contributed by atoms with E-state index in [4.69, 9.17) is 0 Å². The third kappa shape index (κ3) is 4.69. The minimum Gasteiger partial charge on any atom is -0.395 e. The molecule has 0 unspecified atom stereocenters. The highest BCUT2D eigenvalue weighted by Crippen LogP contribution is 2.29. The SMILES string of the molecule is CC1(C)CCCN(C[C@@H](CO)N[C@@H](O)C2CCCC2)C1. The van der Waals surface area contributed by atoms with Crippen molar-refractivity contribution in [3.05, 3.63) is 0 Å². The Hall–Kier alpha value is -0.160. The third-order valence-corrected chi connectivity index (χ3v) is 4.93. The Morgan fingerprint density at radius 3 is 2.55 bits per heavy atom. The molecule has 0 spiro atoms. The predicted molar refractivity (Wildman–Crippen MR) is 81.4 cm³/mol. The van der Waals surface area contributed by atoms with Crippen molar-refractivity contribution in [2.45, 2.75) is 64.6 Å². The van der Waals surface area contributed by atoms with Crippen LogP contribution in [0.15, 0.2) is 0 Å². The van der Waals surface area contributed by atoms with Gasteiger partial charge >= 0.3 is 0 Å². The summed E-state index contributed by atoms with van der Waals surface area (Å²) in [6.45, 7) is 7.76. The lowest BCUT2D eigenvalue weighted by Gasteiger charge is -2.40. The summed E-state index contributed by atoms with van der Waals surface area (Å²) < 4.78 is 0. The quantitative estimate of drug-likeness (QED) is 0.648. The van der Waals surface area contributed by atoms with Crippen molar-refractivity contribution in [2.75, 3.05) is 26.2 Å². The van der Waals surface area contributed by atoms with E-state index in [0.29, 0.717) is 11.3 Å². The molecule has 118 valence electrons. The van der Waals surface area contributed by atoms with E-state index in [1.807, 2.05) is 0 Å². The minimum atomic E-state index is -0.451. The van der Waals surface area contributed by atoms with Crippen molar-refractivity contribution in [2.24, 2.45) is 11.3 Å². The first-order valence-corrected chi connectivity index (χ1v) is 8.27. The van der Waals surface area contributed by atoms with Crippen molar-refractivity contribution in [3.63, 3.8) is 0 Å². The highest BCUT2D eigenvalue weighted by molar-refractivity contribution is 4.84. The smallest absolute Gasteiger partial charge is 0.108 e. The minimum absolute atomic E-state index is 0.0144. The molecular weight excluding hydrogens is 252 g/mol. The normalized spacial score (nSPS) is 27.6. The first-order chi connectivity index (χ1) is 9.50. The van der Waals surface area contributed by atoms with Gasteiger partial charge in [0.25, 0.3) is 0 Å². The second-order valence-corrected chi connectivity index (χ2v) is 7.54. The number of aliphatic hydroxyl groups excluding tert-OH is 2. The van der Waals surface area contributed by atoms with Gasteiger partial charge in [-0.25, -0.2) is 0 Å². The van der Waals surface area contributed by atoms with Crippen LogP contribution in [0, 0.1) is 11.3 Å². The van der Waals surface area contributed by atoms with E-state index >= 15 is 0 Å². The largest absolute Gasteiger partial charge is 0.395 e. The first kappa shape index (κ1) is 16.2. The lowest BCUT2D eigenvalue weighted by Crippen LogP contribution is -2.52. The molecule has 1 saturated carbocycles. The Balaban J connectivity index is 1.79. The van der Waals surface area contributed by atoms with Crippen LogP contribution in [0.5, 0.6) is 0 Å². The standard InChI is InChI=1S/C16H32N2O2/c1-16(2)8-5-9-18(12-16)10-14(11-19)17-15(20)13-6-3-4-7-13/h13-15,17,19-20H,3-12H2,1-2H3/t14-,15-/m0/s1. The molecule has 2 atom stereocenters. The fourth-order valence-corrected chi connectivity index (χ4v) is 3.83. The molecule has 1 aliphatic heterocycles. The molecule has 2 rings (SSSR count). The molecule has 0 amide bonds. The van der Waals surface area contributed by atoms with E-state index < -0.39 is 6.23 Å². The second-order valence-electron chi connectivity index (χ2n) is 7.54. The average molecular weight is 284 g/mol. The van der Waals surface area contributed by atoms with Crippen LogP contribution >= 0.6 is 0 Å². The van der Waals surface area contributed by atoms with Gasteiger partial charge in [0.1, 0.15) is 6.23 Å². The van der Waals surface area contributed by atoms with Gasteiger partial charge in [0.2, 0.25) is 0 Å². The van der Waals surface area contributed by atoms with Crippen LogP contribution in [-0.2, 0) is 0 Å². The van der Waals surface area contributed by atoms with Gasteiger partial charge in [-0.05, 0) is 43.6 Å². The van der Waals surface area contributed by atoms with Crippen LogP contribution < -0.4 is 5.32 Å². The number of rotatable bonds is 6. The molecule has 4 nitrogen and oxygen atoms in total. The number of piperidine rings is 1. The fraction of sp³-hybridized carbons (Fsp3) is 1.00. The lowest BCUT2D eigenvalue weighted by atomic mass is 9.84. The molecule has 0 aromatic heterocycles. The molecule has 4 heteroatoms. The van der Waals surface area contributed by atoms with Gasteiger partial charge in [0.05, 0.1) is 6.61 Å². The predicted octanol–water partition coefficient (Wildman–Crippen LogP) is 1.57. The van der Waals surface area contributed by atoms with Gasteiger partial charge in [-0.1, -0.05) is 26.7 Å². The van der Waals surface area contributed by atoms with Crippen LogP contribution in [-0.4, -0.2) is 53.6 Å². The van der Waals surface area contributed by atoms with Gasteiger partial charge in [-0.2, -0.15) is 0 Å². The zero-order valence-corrected chi connectivity index (χ0v) is 13.1. The van der Waals surface area contributed by atoms with Gasteiger partial charge < -0.3 is 15.1 Å². The van der Waals surface area contributed by atoms with E-state index in [1.54, 1.807) is 0 Å². The average Bonchev–Trinajstić information content (AvgIpc) is 2.90. The molecule has 0 bridgehead atoms. The van der Waals surface area contributed by atoms with Gasteiger partial charge in [-0.3, -0.25) is 5.32 Å². The van der Waals surface area contributed by atoms with Gasteiger partial charge in [-0.15, -0.1) is 0 Å². The molecule has 1 saturated heterocycles. The summed E-state index contributed by atoms with van der Waals surface area (Å²) in [7, 11) is 0. The van der Waals surface area contributed by atoms with Crippen LogP contribution in [0.4, 0.5) is 0 Å². The summed E-state index contributed by atoms with van der Waals surface area (Å²) in [6, 6.07) is -0.0144. The number of aliphatic hydroxyl groups is 2. The van der Waals surface area contributed by atoms with Crippen molar-refractivity contribution >= 4 is 0 Å². The molecule has 0 radical (unpaired) electrons. The molecular formula is C16H32N2O2. The topological polar surface area (TPSA) is 55.7 Å². The monoisotopic (exact) mass is 284 g/mol. The zero-order valence-electron chi connectivity index (χ0n) is 13.1. The maximum Gasteiger partial charge on any atom is 0.108 e. The Morgan fingerprint density at radius 2 is 1.95 bits per heavy atom. The molecule has 3 N–H and O–H groups in total. The van der Waals surface area contributed by atoms with Gasteiger partial charge in [0.15, 0.2) is 0 Å². The summed E-state index contributed by atoms with van der Waals surface area (Å²) in [6.07, 6.45) is 6.75. The summed E-state index contributed by atoms with van der Waals surface area (Å²) in [4.78, 5) is 2.43. The van der Waals surface area contributed by atoms with Crippen LogP contribution in [0.25, 0.3) is 0 Å². The third-order valence-electron chi connectivity index (χ3n) is 4.93. The van der Waals surface area contributed by atoms with Crippen molar-refractivity contribution < 1.29 is 10.2 Å². The summed E-state index contributed by atoms with van der Waals surface area (Å²) in [5, 5.41) is 23.1. The molecule has 1 aliphatic carbocycles. The first-order valence-electron chi connectivity index (χ1n) is 8.27. The van der Waals surface area contributed by atoms with Crippen molar-refractivity contribution in [1.82, 2.24) is 10.2 Å². The van der Waals surface area contributed by atoms with E-state index in [0.717, 1.165) is 32.5 Å². The maximum atomic E-state index is 10.2. The van der Waals surface area contributed by atoms with Crippen LogP contribution in [0.3, 0.4) is 0 Å². The summed E-state index contributed by atoms with van der Waals surface area (Å²) in [5.74, 6) is 0.377. The number of nitrogens with zero attached hydrogens (tertiary/aromatic N) is 1. The molecule has 0 aromatic rings. The van der Waals surface area contributed by atoms with E-state index in [1.165, 1.54) is 25.7 Å².